The summed E-state index contributed by atoms with van der Waals surface area (Å²) in [7, 11) is 0. The Balaban J connectivity index is 3.08. The summed E-state index contributed by atoms with van der Waals surface area (Å²) >= 11 is 1.53. The van der Waals surface area contributed by atoms with Crippen molar-refractivity contribution in [1.29, 1.82) is 0 Å². The molecule has 0 radical (unpaired) electrons. The van der Waals surface area contributed by atoms with E-state index in [1.165, 1.54) is 16.9 Å². The van der Waals surface area contributed by atoms with Crippen molar-refractivity contribution in [3.05, 3.63) is 18.1 Å². The molecular weight excluding hydrogens is 163 g/mol. The van der Waals surface area contributed by atoms with E-state index in [-0.39, 0.29) is 0 Å². The minimum atomic E-state index is 0.854. The second-order valence-electron chi connectivity index (χ2n) is 1.53. The Kier molecular flexibility index (Phi) is 1.64. The van der Waals surface area contributed by atoms with Crippen LogP contribution in [0.15, 0.2) is 12.3 Å². The molecule has 1 heterocycles. The Labute approximate surface area is 56.9 Å². The molecule has 1 rings (SSSR count). The van der Waals surface area contributed by atoms with Crippen LogP contribution in [-0.4, -0.2) is 26.8 Å². The van der Waals surface area contributed by atoms with Gasteiger partial charge in [-0.05, 0) is 0 Å². The van der Waals surface area contributed by atoms with Gasteiger partial charge in [-0.2, -0.15) is 0 Å². The van der Waals surface area contributed by atoms with Crippen LogP contribution in [0.1, 0.15) is 5.82 Å². The molecule has 0 spiro atoms. The van der Waals surface area contributed by atoms with Gasteiger partial charge in [0, 0.05) is 0 Å². The molecule has 1 unspecified atom stereocenters. The standard InChI is InChI=1S/C5H7AsN2/c1-4-7-3-2-5(6)8-4/h2-3H,6H2,1H3. The topological polar surface area (TPSA) is 25.8 Å². The first-order valence-electron chi connectivity index (χ1n) is 2.34. The van der Waals surface area contributed by atoms with E-state index >= 15 is 0 Å². The summed E-state index contributed by atoms with van der Waals surface area (Å²) in [5.74, 6) is 0.854. The number of nitrogens with zero attached hydrogens (tertiary/aromatic N) is 2. The normalized spacial score (nSPS) is 9.25. The molecule has 0 fully saturated rings. The summed E-state index contributed by atoms with van der Waals surface area (Å²) in [5.41, 5.74) is 0. The second-order valence-corrected chi connectivity index (χ2v) is 2.77. The third kappa shape index (κ3) is 1.31. The summed E-state index contributed by atoms with van der Waals surface area (Å²) in [5, 5.41) is 0. The summed E-state index contributed by atoms with van der Waals surface area (Å²) in [6.45, 7) is 1.89. The van der Waals surface area contributed by atoms with E-state index in [4.69, 9.17) is 0 Å². The second kappa shape index (κ2) is 2.27. The Morgan fingerprint density at radius 3 is 2.75 bits per heavy atom. The Morgan fingerprint density at radius 2 is 2.38 bits per heavy atom. The molecule has 0 aromatic carbocycles. The molecule has 0 saturated heterocycles. The molecule has 1 atom stereocenters. The van der Waals surface area contributed by atoms with Crippen molar-refractivity contribution in [2.75, 3.05) is 0 Å². The average molecular weight is 170 g/mol. The molecule has 2 nitrogen and oxygen atoms in total. The Hall–Kier alpha value is -0.362. The van der Waals surface area contributed by atoms with Crippen LogP contribution in [0.5, 0.6) is 0 Å². The molecule has 1 aromatic rings. The van der Waals surface area contributed by atoms with Gasteiger partial charge in [-0.15, -0.1) is 0 Å². The Bertz CT molecular complexity index is 170. The average Bonchev–Trinajstić information content (AvgIpc) is 1.64. The van der Waals surface area contributed by atoms with Crippen molar-refractivity contribution >= 4 is 21.3 Å². The fraction of sp³-hybridized carbons (Fsp3) is 0.200. The third-order valence-electron chi connectivity index (χ3n) is 0.798. The molecule has 8 heavy (non-hydrogen) atoms. The molecule has 0 aliphatic rings. The number of aryl methyl sites for hydroxylation is 1. The molecule has 0 aliphatic carbocycles. The van der Waals surface area contributed by atoms with Gasteiger partial charge in [-0.3, -0.25) is 0 Å². The summed E-state index contributed by atoms with van der Waals surface area (Å²) in [4.78, 5) is 8.03. The van der Waals surface area contributed by atoms with Gasteiger partial charge in [-0.25, -0.2) is 0 Å². The van der Waals surface area contributed by atoms with Gasteiger partial charge in [-0.1, -0.05) is 0 Å². The molecule has 3 heteroatoms. The van der Waals surface area contributed by atoms with E-state index in [0.717, 1.165) is 10.3 Å². The molecule has 42 valence electrons. The first-order chi connectivity index (χ1) is 3.79. The van der Waals surface area contributed by atoms with Crippen LogP contribution < -0.4 is 4.48 Å². The molecule has 0 N–H and O–H groups in total. The molecule has 0 aliphatic heterocycles. The molecule has 1 aromatic heterocycles. The van der Waals surface area contributed by atoms with E-state index in [9.17, 15) is 0 Å². The zero-order valence-corrected chi connectivity index (χ0v) is 7.05. The molecule has 0 amide bonds. The van der Waals surface area contributed by atoms with E-state index in [1.807, 2.05) is 13.0 Å². The fourth-order valence-corrected chi connectivity index (χ4v) is 1.05. The fourth-order valence-electron chi connectivity index (χ4n) is 0.474. The van der Waals surface area contributed by atoms with Crippen LogP contribution in [0.25, 0.3) is 0 Å². The van der Waals surface area contributed by atoms with Gasteiger partial charge in [0.05, 0.1) is 0 Å². The molecule has 0 saturated carbocycles. The zero-order valence-electron chi connectivity index (χ0n) is 4.63. The van der Waals surface area contributed by atoms with Gasteiger partial charge in [0.2, 0.25) is 0 Å². The van der Waals surface area contributed by atoms with Crippen LogP contribution in [0.2, 0.25) is 0 Å². The van der Waals surface area contributed by atoms with Gasteiger partial charge < -0.3 is 0 Å². The zero-order chi connectivity index (χ0) is 5.98. The van der Waals surface area contributed by atoms with Crippen molar-refractivity contribution in [2.24, 2.45) is 0 Å². The maximum atomic E-state index is 4.09. The predicted molar refractivity (Wildman–Crippen MR) is 34.9 cm³/mol. The number of hydrogen-bond donors (Lipinski definition) is 0. The van der Waals surface area contributed by atoms with Gasteiger partial charge >= 0.3 is 56.3 Å². The number of hydrogen-bond acceptors (Lipinski definition) is 2. The minimum absolute atomic E-state index is 0.854. The first-order valence-corrected chi connectivity index (χ1v) is 3.55. The van der Waals surface area contributed by atoms with E-state index in [2.05, 4.69) is 9.97 Å². The van der Waals surface area contributed by atoms with Crippen molar-refractivity contribution in [3.8, 4) is 0 Å². The van der Waals surface area contributed by atoms with Crippen molar-refractivity contribution in [3.63, 3.8) is 0 Å². The van der Waals surface area contributed by atoms with Crippen LogP contribution in [0.3, 0.4) is 0 Å². The number of aromatic nitrogens is 2. The van der Waals surface area contributed by atoms with Crippen molar-refractivity contribution in [2.45, 2.75) is 6.92 Å². The van der Waals surface area contributed by atoms with E-state index < -0.39 is 0 Å². The summed E-state index contributed by atoms with van der Waals surface area (Å²) in [6, 6.07) is 1.91. The SMILES string of the molecule is Cc1nccc([AsH2])n1. The first kappa shape index (κ1) is 5.77. The summed E-state index contributed by atoms with van der Waals surface area (Å²) < 4.78 is 1.09. The van der Waals surface area contributed by atoms with E-state index in [0.29, 0.717) is 0 Å². The Morgan fingerprint density at radius 1 is 1.62 bits per heavy atom. The van der Waals surface area contributed by atoms with Crippen LogP contribution in [0, 0.1) is 6.92 Å². The quantitative estimate of drug-likeness (QED) is 0.469. The van der Waals surface area contributed by atoms with Gasteiger partial charge in [0.1, 0.15) is 0 Å². The molecule has 0 bridgehead atoms. The monoisotopic (exact) mass is 170 g/mol. The van der Waals surface area contributed by atoms with Crippen LogP contribution in [-0.2, 0) is 0 Å². The van der Waals surface area contributed by atoms with Crippen molar-refractivity contribution in [1.82, 2.24) is 9.97 Å². The van der Waals surface area contributed by atoms with Crippen LogP contribution >= 0.6 is 0 Å². The maximum absolute atomic E-state index is 4.09. The van der Waals surface area contributed by atoms with E-state index in [1.54, 1.807) is 6.20 Å². The molecular formula is C5H7AsN2. The van der Waals surface area contributed by atoms with Gasteiger partial charge in [0.15, 0.2) is 0 Å². The number of rotatable bonds is 0. The van der Waals surface area contributed by atoms with Crippen molar-refractivity contribution < 1.29 is 0 Å². The van der Waals surface area contributed by atoms with Gasteiger partial charge in [0.25, 0.3) is 0 Å². The van der Waals surface area contributed by atoms with Crippen LogP contribution in [0.4, 0.5) is 0 Å². The third-order valence-corrected chi connectivity index (χ3v) is 1.47. The summed E-state index contributed by atoms with van der Waals surface area (Å²) in [6.07, 6.45) is 1.78. The predicted octanol–water partition coefficient (Wildman–Crippen LogP) is -0.957.